The zero-order chi connectivity index (χ0) is 21.1. The molecule has 0 unspecified atom stereocenters. The number of hydrogen-bond donors (Lipinski definition) is 1. The van der Waals surface area contributed by atoms with Gasteiger partial charge in [0.2, 0.25) is 0 Å². The van der Waals surface area contributed by atoms with E-state index in [0.717, 1.165) is 53.8 Å². The molecule has 1 amide bonds. The van der Waals surface area contributed by atoms with Crippen LogP contribution in [0.3, 0.4) is 0 Å². The molecule has 1 N–H and O–H groups in total. The summed E-state index contributed by atoms with van der Waals surface area (Å²) in [5, 5.41) is 3.09. The van der Waals surface area contributed by atoms with Crippen LogP contribution < -0.4 is 5.32 Å². The van der Waals surface area contributed by atoms with Gasteiger partial charge in [-0.05, 0) is 43.7 Å². The van der Waals surface area contributed by atoms with Crippen molar-refractivity contribution in [2.45, 2.75) is 20.4 Å². The van der Waals surface area contributed by atoms with Crippen LogP contribution in [0.4, 0.5) is 10.1 Å². The van der Waals surface area contributed by atoms with Crippen molar-refractivity contribution in [1.82, 2.24) is 9.47 Å². The quantitative estimate of drug-likeness (QED) is 0.625. The second kappa shape index (κ2) is 9.06. The number of benzene rings is 2. The van der Waals surface area contributed by atoms with Crippen LogP contribution in [0.2, 0.25) is 0 Å². The summed E-state index contributed by atoms with van der Waals surface area (Å²) in [6.45, 7) is 6.70. The summed E-state index contributed by atoms with van der Waals surface area (Å²) >= 11 is 1.99. The van der Waals surface area contributed by atoms with Crippen LogP contribution in [0.25, 0.3) is 5.69 Å². The van der Waals surface area contributed by atoms with Gasteiger partial charge in [0.25, 0.3) is 5.91 Å². The lowest BCUT2D eigenvalue weighted by Gasteiger charge is -2.27. The van der Waals surface area contributed by atoms with Gasteiger partial charge in [-0.2, -0.15) is 11.8 Å². The number of hydrogen-bond acceptors (Lipinski definition) is 3. The lowest BCUT2D eigenvalue weighted by atomic mass is 10.1. The molecule has 1 aliphatic rings. The number of aromatic nitrogens is 1. The number of para-hydroxylation sites is 2. The number of anilines is 1. The molecule has 0 atom stereocenters. The number of nitrogens with zero attached hydrogens (tertiary/aromatic N) is 2. The van der Waals surface area contributed by atoms with Crippen molar-refractivity contribution in [2.24, 2.45) is 0 Å². The van der Waals surface area contributed by atoms with Crippen molar-refractivity contribution in [3.63, 3.8) is 0 Å². The molecule has 1 aromatic heterocycles. The second-order valence-corrected chi connectivity index (χ2v) is 8.80. The maximum atomic E-state index is 14.3. The van der Waals surface area contributed by atoms with E-state index in [1.165, 1.54) is 6.07 Å². The smallest absolute Gasteiger partial charge is 0.257 e. The predicted molar refractivity (Wildman–Crippen MR) is 122 cm³/mol. The molecule has 30 heavy (non-hydrogen) atoms. The first kappa shape index (κ1) is 20.7. The molecule has 0 spiro atoms. The van der Waals surface area contributed by atoms with Gasteiger partial charge < -0.3 is 9.88 Å². The van der Waals surface area contributed by atoms with Gasteiger partial charge in [-0.25, -0.2) is 4.39 Å². The van der Waals surface area contributed by atoms with Crippen molar-refractivity contribution in [1.29, 1.82) is 0 Å². The monoisotopic (exact) mass is 423 g/mol. The Morgan fingerprint density at radius 3 is 2.53 bits per heavy atom. The van der Waals surface area contributed by atoms with Crippen LogP contribution in [-0.2, 0) is 6.54 Å². The fraction of sp³-hybridized carbons (Fsp3) is 0.292. The van der Waals surface area contributed by atoms with Gasteiger partial charge in [-0.15, -0.1) is 0 Å². The largest absolute Gasteiger partial charge is 0.322 e. The first-order valence-corrected chi connectivity index (χ1v) is 11.3. The maximum Gasteiger partial charge on any atom is 0.257 e. The summed E-state index contributed by atoms with van der Waals surface area (Å²) in [5.74, 6) is 1.82. The number of nitrogens with one attached hydrogen (secondary N) is 1. The number of aryl methyl sites for hydroxylation is 1. The molecule has 0 bridgehead atoms. The van der Waals surface area contributed by atoms with Gasteiger partial charge in [0.15, 0.2) is 0 Å². The van der Waals surface area contributed by atoms with Crippen LogP contribution in [0, 0.1) is 19.7 Å². The molecule has 2 aromatic carbocycles. The molecule has 1 aliphatic heterocycles. The third-order valence-electron chi connectivity index (χ3n) is 5.53. The molecule has 0 aliphatic carbocycles. The highest BCUT2D eigenvalue weighted by molar-refractivity contribution is 7.99. The summed E-state index contributed by atoms with van der Waals surface area (Å²) in [6.07, 6.45) is 0. The Morgan fingerprint density at radius 2 is 1.77 bits per heavy atom. The van der Waals surface area contributed by atoms with Crippen molar-refractivity contribution < 1.29 is 9.18 Å². The topological polar surface area (TPSA) is 37.3 Å². The Kier molecular flexibility index (Phi) is 6.25. The van der Waals surface area contributed by atoms with E-state index in [2.05, 4.69) is 16.3 Å². The van der Waals surface area contributed by atoms with E-state index in [4.69, 9.17) is 0 Å². The average Bonchev–Trinajstić information content (AvgIpc) is 3.05. The summed E-state index contributed by atoms with van der Waals surface area (Å²) in [6, 6.07) is 16.4. The van der Waals surface area contributed by atoms with Gasteiger partial charge in [-0.3, -0.25) is 9.69 Å². The normalized spacial score (nSPS) is 14.6. The van der Waals surface area contributed by atoms with Crippen LogP contribution in [0.5, 0.6) is 0 Å². The molecule has 156 valence electrons. The van der Waals surface area contributed by atoms with E-state index < -0.39 is 0 Å². The molecular formula is C24H26FN3OS. The number of halogens is 1. The van der Waals surface area contributed by atoms with E-state index in [-0.39, 0.29) is 11.7 Å². The SMILES string of the molecule is Cc1cc(C(=O)Nc2ccccc2CN2CCSCC2)c(C)n1-c1ccccc1F. The minimum absolute atomic E-state index is 0.174. The number of amides is 1. The number of thioether (sulfide) groups is 1. The highest BCUT2D eigenvalue weighted by atomic mass is 32.2. The van der Waals surface area contributed by atoms with E-state index in [1.807, 2.05) is 49.9 Å². The standard InChI is InChI=1S/C24H26FN3OS/c1-17-15-20(18(2)28(17)23-10-6-4-8-21(23)25)24(29)26-22-9-5-3-7-19(22)16-27-11-13-30-14-12-27/h3-10,15H,11-14,16H2,1-2H3,(H,26,29). The molecule has 0 radical (unpaired) electrons. The number of carbonyl (C=O) groups excluding carboxylic acids is 1. The van der Waals surface area contributed by atoms with Gasteiger partial charge in [0, 0.05) is 48.2 Å². The Morgan fingerprint density at radius 1 is 1.07 bits per heavy atom. The second-order valence-electron chi connectivity index (χ2n) is 7.57. The molecule has 1 fully saturated rings. The Bertz CT molecular complexity index is 1060. The minimum Gasteiger partial charge on any atom is -0.322 e. The predicted octanol–water partition coefficient (Wildman–Crippen LogP) is 5.03. The van der Waals surface area contributed by atoms with Crippen LogP contribution in [-0.4, -0.2) is 40.0 Å². The summed E-state index contributed by atoms with van der Waals surface area (Å²) < 4.78 is 16.1. The minimum atomic E-state index is -0.309. The Hall–Kier alpha value is -2.57. The zero-order valence-corrected chi connectivity index (χ0v) is 18.1. The third kappa shape index (κ3) is 4.30. The molecular weight excluding hydrogens is 397 g/mol. The lowest BCUT2D eigenvalue weighted by Crippen LogP contribution is -2.32. The van der Waals surface area contributed by atoms with Gasteiger partial charge >= 0.3 is 0 Å². The number of carbonyl (C=O) groups is 1. The first-order valence-electron chi connectivity index (χ1n) is 10.2. The highest BCUT2D eigenvalue weighted by Gasteiger charge is 2.20. The molecule has 2 heterocycles. The summed E-state index contributed by atoms with van der Waals surface area (Å²) in [7, 11) is 0. The van der Waals surface area contributed by atoms with E-state index >= 15 is 0 Å². The lowest BCUT2D eigenvalue weighted by molar-refractivity contribution is 0.102. The number of rotatable bonds is 5. The molecule has 0 saturated carbocycles. The highest BCUT2D eigenvalue weighted by Crippen LogP contribution is 2.25. The van der Waals surface area contributed by atoms with E-state index in [1.54, 1.807) is 22.8 Å². The van der Waals surface area contributed by atoms with E-state index in [9.17, 15) is 9.18 Å². The van der Waals surface area contributed by atoms with Crippen LogP contribution >= 0.6 is 11.8 Å². The van der Waals surface area contributed by atoms with Gasteiger partial charge in [-0.1, -0.05) is 30.3 Å². The van der Waals surface area contributed by atoms with Gasteiger partial charge in [0.1, 0.15) is 5.82 Å². The maximum absolute atomic E-state index is 14.3. The molecule has 4 nitrogen and oxygen atoms in total. The van der Waals surface area contributed by atoms with E-state index in [0.29, 0.717) is 11.3 Å². The van der Waals surface area contributed by atoms with Crippen LogP contribution in [0.1, 0.15) is 27.3 Å². The third-order valence-corrected chi connectivity index (χ3v) is 6.47. The fourth-order valence-corrected chi connectivity index (χ4v) is 4.95. The Labute approximate surface area is 181 Å². The molecule has 4 rings (SSSR count). The summed E-state index contributed by atoms with van der Waals surface area (Å²) in [5.41, 5.74) is 4.49. The summed E-state index contributed by atoms with van der Waals surface area (Å²) in [4.78, 5) is 15.5. The fourth-order valence-electron chi connectivity index (χ4n) is 3.97. The van der Waals surface area contributed by atoms with Crippen LogP contribution in [0.15, 0.2) is 54.6 Å². The van der Waals surface area contributed by atoms with Crippen molar-refractivity contribution in [2.75, 3.05) is 29.9 Å². The average molecular weight is 424 g/mol. The molecule has 3 aromatic rings. The van der Waals surface area contributed by atoms with Crippen molar-refractivity contribution in [3.8, 4) is 5.69 Å². The molecule has 1 saturated heterocycles. The first-order chi connectivity index (χ1) is 14.5. The molecule has 6 heteroatoms. The Balaban J connectivity index is 1.58. The van der Waals surface area contributed by atoms with Crippen molar-refractivity contribution in [3.05, 3.63) is 82.9 Å². The van der Waals surface area contributed by atoms with Gasteiger partial charge in [0.05, 0.1) is 11.3 Å². The zero-order valence-electron chi connectivity index (χ0n) is 17.3. The van der Waals surface area contributed by atoms with Crippen molar-refractivity contribution >= 4 is 23.4 Å².